The second-order valence-electron chi connectivity index (χ2n) is 12.8. The van der Waals surface area contributed by atoms with Gasteiger partial charge in [0, 0.05) is 53.2 Å². The number of phenols is 1. The van der Waals surface area contributed by atoms with Crippen LogP contribution in [0.5, 0.6) is 5.75 Å². The van der Waals surface area contributed by atoms with Crippen molar-refractivity contribution in [1.29, 1.82) is 0 Å². The molecule has 4 aromatic carbocycles. The quantitative estimate of drug-likeness (QED) is 0.0494. The fourth-order valence-corrected chi connectivity index (χ4v) is 5.44. The van der Waals surface area contributed by atoms with Gasteiger partial charge in [-0.25, -0.2) is 19.2 Å². The van der Waals surface area contributed by atoms with E-state index in [2.05, 4.69) is 46.7 Å². The van der Waals surface area contributed by atoms with Gasteiger partial charge in [-0.15, -0.1) is 5.11 Å². The molecule has 298 valence electrons. The molecule has 0 saturated carbocycles. The molecule has 2 aromatic heterocycles. The first-order valence-corrected chi connectivity index (χ1v) is 17.8. The van der Waals surface area contributed by atoms with Crippen LogP contribution in [0, 0.1) is 0 Å². The van der Waals surface area contributed by atoms with Crippen molar-refractivity contribution in [2.75, 3.05) is 36.9 Å². The van der Waals surface area contributed by atoms with Crippen LogP contribution >= 0.6 is 11.6 Å². The molecule has 1 aliphatic heterocycles. The number of para-hydroxylation sites is 1. The molecule has 10 nitrogen and oxygen atoms in total. The van der Waals surface area contributed by atoms with Crippen molar-refractivity contribution < 1.29 is 19.2 Å². The molecule has 0 bridgehead atoms. The van der Waals surface area contributed by atoms with E-state index in [4.69, 9.17) is 17.3 Å². The number of nitrogens with zero attached hydrogens (tertiary/aromatic N) is 7. The average molecular weight is 789 g/mol. The van der Waals surface area contributed by atoms with Crippen molar-refractivity contribution in [3.8, 4) is 5.75 Å². The molecule has 57 heavy (non-hydrogen) atoms. The molecule has 4 N–H and O–H groups in total. The van der Waals surface area contributed by atoms with Crippen molar-refractivity contribution >= 4 is 58.4 Å². The summed E-state index contributed by atoms with van der Waals surface area (Å²) in [5.41, 5.74) is 14.2. The first-order chi connectivity index (χ1) is 26.0. The molecule has 0 saturated heterocycles. The lowest BCUT2D eigenvalue weighted by molar-refractivity contribution is -0.894. The van der Waals surface area contributed by atoms with Gasteiger partial charge in [-0.3, -0.25) is 5.01 Å². The first kappa shape index (κ1) is 46.8. The van der Waals surface area contributed by atoms with Crippen LogP contribution in [-0.2, 0) is 20.6 Å². The smallest absolute Gasteiger partial charge is 0.169 e. The summed E-state index contributed by atoms with van der Waals surface area (Å²) in [6.07, 6.45) is 14.1. The zero-order chi connectivity index (χ0) is 38.5. The maximum Gasteiger partial charge on any atom is 0.169 e. The molecular formula is C46H59ClN9O+3. The Morgan fingerprint density at radius 2 is 1.28 bits per heavy atom. The Kier molecular flexibility index (Phi) is 18.8. The van der Waals surface area contributed by atoms with Crippen LogP contribution < -0.4 is 29.9 Å². The molecule has 6 aromatic rings. The van der Waals surface area contributed by atoms with Gasteiger partial charge in [0.15, 0.2) is 30.5 Å². The number of nitrogens with two attached hydrogens (primary N) is 1. The topological polar surface area (TPSA) is 102 Å². The predicted octanol–water partition coefficient (Wildman–Crippen LogP) is 8.99. The van der Waals surface area contributed by atoms with Gasteiger partial charge in [-0.2, -0.15) is 10.2 Å². The molecule has 0 radical (unpaired) electrons. The summed E-state index contributed by atoms with van der Waals surface area (Å²) in [4.78, 5) is 0. The van der Waals surface area contributed by atoms with Crippen LogP contribution in [0.3, 0.4) is 0 Å². The number of nitrogens with one attached hydrogen (secondary N) is 1. The van der Waals surface area contributed by atoms with Crippen LogP contribution in [0.4, 0.5) is 28.4 Å². The fourth-order valence-electron chi connectivity index (χ4n) is 5.31. The number of aryl methyl sites for hydroxylation is 2. The highest BCUT2D eigenvalue weighted by atomic mass is 35.5. The molecule has 3 heterocycles. The first-order valence-electron chi connectivity index (χ1n) is 17.4. The molecule has 0 amide bonds. The Hall–Kier alpha value is -6.36. The molecular weight excluding hydrogens is 730 g/mol. The summed E-state index contributed by atoms with van der Waals surface area (Å²) in [5.74, 6) is 0.132. The van der Waals surface area contributed by atoms with E-state index in [9.17, 15) is 5.11 Å². The Morgan fingerprint density at radius 3 is 1.86 bits per heavy atom. The minimum absolute atomic E-state index is 0. The van der Waals surface area contributed by atoms with E-state index in [1.54, 1.807) is 30.3 Å². The molecule has 11 heteroatoms. The zero-order valence-corrected chi connectivity index (χ0v) is 32.0. The summed E-state index contributed by atoms with van der Waals surface area (Å²) in [7, 11) is 9.98. The number of hydrogen-bond donors (Lipinski definition) is 3. The number of fused-ring (bicyclic) bond motifs is 1. The van der Waals surface area contributed by atoms with Crippen LogP contribution in [0.15, 0.2) is 155 Å². The van der Waals surface area contributed by atoms with Crippen molar-refractivity contribution in [3.05, 3.63) is 167 Å². The van der Waals surface area contributed by atoms with Crippen LogP contribution in [0.2, 0.25) is 5.02 Å². The highest BCUT2D eigenvalue weighted by molar-refractivity contribution is 6.30. The minimum atomic E-state index is 0. The largest absolute Gasteiger partial charge is 0.506 e. The number of nitrogen functional groups attached to an aromatic ring is 1. The molecule has 1 aliphatic rings. The van der Waals surface area contributed by atoms with E-state index in [1.807, 2.05) is 151 Å². The maximum absolute atomic E-state index is 10.1. The molecule has 1 atom stereocenters. The van der Waals surface area contributed by atoms with Gasteiger partial charge in [0.1, 0.15) is 32.1 Å². The second-order valence-corrected chi connectivity index (χ2v) is 13.2. The Balaban J connectivity index is 0.000000291. The number of hydrogen-bond acceptors (Lipinski definition) is 7. The zero-order valence-electron chi connectivity index (χ0n) is 31.3. The van der Waals surface area contributed by atoms with E-state index in [0.29, 0.717) is 16.4 Å². The van der Waals surface area contributed by atoms with Crippen LogP contribution in [0.1, 0.15) is 44.5 Å². The SMILES string of the molecule is C.C.C.CN(N=Cc1cc[n+](C)cc1)c1ccccc1.CN1c2c(ccc(O)c2N=Nc2ccc(Cl)cc2)C[NH+]1C.C[n+]1ccc(C=Cc2ccc(N)cc2)cc1. The predicted molar refractivity (Wildman–Crippen MR) is 240 cm³/mol. The highest BCUT2D eigenvalue weighted by Crippen LogP contribution is 2.41. The summed E-state index contributed by atoms with van der Waals surface area (Å²) >= 11 is 5.84. The van der Waals surface area contributed by atoms with Gasteiger partial charge in [-0.1, -0.05) is 76.4 Å². The third-order valence-electron chi connectivity index (χ3n) is 8.58. The Bertz CT molecular complexity index is 2130. The van der Waals surface area contributed by atoms with Gasteiger partial charge in [0.25, 0.3) is 0 Å². The number of anilines is 3. The minimum Gasteiger partial charge on any atom is -0.506 e. The van der Waals surface area contributed by atoms with Gasteiger partial charge in [0.05, 0.1) is 31.7 Å². The van der Waals surface area contributed by atoms with E-state index in [1.165, 1.54) is 10.6 Å². The van der Waals surface area contributed by atoms with E-state index in [-0.39, 0.29) is 28.0 Å². The number of halogens is 1. The Labute approximate surface area is 344 Å². The van der Waals surface area contributed by atoms with Gasteiger partial charge in [-0.05, 0) is 71.8 Å². The highest BCUT2D eigenvalue weighted by Gasteiger charge is 2.29. The monoisotopic (exact) mass is 788 g/mol. The number of quaternary nitrogens is 1. The number of hydrazone groups is 1. The van der Waals surface area contributed by atoms with Crippen molar-refractivity contribution in [3.63, 3.8) is 0 Å². The number of aromatic hydroxyl groups is 1. The van der Waals surface area contributed by atoms with Crippen molar-refractivity contribution in [2.45, 2.75) is 28.8 Å². The molecule has 0 fully saturated rings. The lowest BCUT2D eigenvalue weighted by Gasteiger charge is -2.18. The normalized spacial score (nSPS) is 12.7. The number of pyridine rings is 2. The van der Waals surface area contributed by atoms with Crippen LogP contribution in [0.25, 0.3) is 12.2 Å². The lowest BCUT2D eigenvalue weighted by atomic mass is 10.1. The second kappa shape index (κ2) is 22.9. The number of benzene rings is 4. The number of rotatable bonds is 7. The summed E-state index contributed by atoms with van der Waals surface area (Å²) in [5, 5.41) is 28.7. The third kappa shape index (κ3) is 14.0. The lowest BCUT2D eigenvalue weighted by Crippen LogP contribution is -3.12. The molecule has 1 unspecified atom stereocenters. The third-order valence-corrected chi connectivity index (χ3v) is 8.83. The van der Waals surface area contributed by atoms with Crippen molar-refractivity contribution in [2.24, 2.45) is 29.4 Å². The van der Waals surface area contributed by atoms with Crippen molar-refractivity contribution in [1.82, 2.24) is 0 Å². The number of azo groups is 1. The van der Waals surface area contributed by atoms with Gasteiger partial charge >= 0.3 is 0 Å². The van der Waals surface area contributed by atoms with Gasteiger partial charge < -0.3 is 10.8 Å². The van der Waals surface area contributed by atoms with Gasteiger partial charge in [0.2, 0.25) is 0 Å². The maximum atomic E-state index is 10.1. The summed E-state index contributed by atoms with van der Waals surface area (Å²) in [6, 6.07) is 36.8. The fraction of sp³-hybridized carbons (Fsp3) is 0.196. The van der Waals surface area contributed by atoms with E-state index >= 15 is 0 Å². The van der Waals surface area contributed by atoms with Crippen LogP contribution in [-0.4, -0.2) is 32.5 Å². The molecule has 0 spiro atoms. The number of aromatic nitrogens is 2. The van der Waals surface area contributed by atoms with E-state index in [0.717, 1.165) is 40.3 Å². The molecule has 0 aliphatic carbocycles. The summed E-state index contributed by atoms with van der Waals surface area (Å²) < 4.78 is 4.01. The number of phenolic OH excluding ortho intramolecular Hbond substituents is 1. The summed E-state index contributed by atoms with van der Waals surface area (Å²) in [6.45, 7) is 0.871. The van der Waals surface area contributed by atoms with E-state index < -0.39 is 0 Å². The standard InChI is InChI=1S/C15H15ClN4O.C14H16N3.C14H14N2.3CH4/c1-19-9-10-3-8-13(21)14(15(10)20(19)2)18-17-12-6-4-11(16)5-7-12;1-16-10-8-13(9-11-16)12-15-17(2)14-6-4-3-5-7-14;1-16-10-8-13(9-11-16)3-2-12-4-6-14(15)7-5-12;;;/h3-8,21H,9H2,1-2H3;3-12H,1-2H3;2-11,15H,1H3;3*1H4/q;+1;;;;/p+2. The average Bonchev–Trinajstić information content (AvgIpc) is 3.48. The Morgan fingerprint density at radius 1 is 0.737 bits per heavy atom. The molecule has 7 rings (SSSR count).